The van der Waals surface area contributed by atoms with Gasteiger partial charge in [-0.3, -0.25) is 4.79 Å². The molecule has 21 atom stereocenters. The minimum absolute atomic E-state index is 0.0294. The van der Waals surface area contributed by atoms with Gasteiger partial charge >= 0.3 is 0 Å². The highest BCUT2D eigenvalue weighted by Crippen LogP contribution is 2.85. The summed E-state index contributed by atoms with van der Waals surface area (Å²) in [6.07, 6.45) is 20.6. The minimum Gasteiger partial charge on any atom is -0.504 e. The number of rotatable bonds is 7. The standard InChI is InChI=1S/C84H87NO9/c1-94-75-39-60(53(44-86)34-74(75)92)59-36-71(89)67-33-52-31-55-29-50-20-22-69(87)58(77(50)52)17-8-18-68-57(21-19-49(59)28-47-13-6-3-7-14-47)78-83(67,93)26-25-81(85-68)43-56-30-51-32-66(79(55)23-9-15-48(42-79)27-46-11-4-2-5-12-46)70(88)37-61(51)64-35-54-16-10-24-80(54)45-82(56,64)76-41-63(80)62-38-72(90)73(91)40-65(62)84(76,78)81/h2-7,11-14,29-32,34-35,38-40,48-49,54,56-59,61,63,67-70,76,78,85-88,90-93H,9-10,15-16,18,20,22-28,33,36-37,41-45H2,1H3. The van der Waals surface area contributed by atoms with Gasteiger partial charge in [-0.05, 0) is 222 Å². The molecule has 10 nitrogen and oxygen atoms in total. The predicted molar refractivity (Wildman–Crippen MR) is 358 cm³/mol. The number of aliphatic hydroxyl groups excluding tert-OH is 3. The van der Waals surface area contributed by atoms with Gasteiger partial charge in [0.05, 0.1) is 43.4 Å². The van der Waals surface area contributed by atoms with E-state index in [1.54, 1.807) is 12.1 Å². The number of methoxy groups -OCH3 is 1. The number of piperidine rings is 1. The molecule has 21 unspecified atom stereocenters. The summed E-state index contributed by atoms with van der Waals surface area (Å²) in [4.78, 5) is 17.7. The van der Waals surface area contributed by atoms with E-state index in [1.165, 1.54) is 23.8 Å². The van der Waals surface area contributed by atoms with E-state index in [2.05, 4.69) is 102 Å². The van der Waals surface area contributed by atoms with Crippen molar-refractivity contribution in [1.29, 1.82) is 0 Å². The summed E-state index contributed by atoms with van der Waals surface area (Å²) in [7, 11) is 1.52. The quantitative estimate of drug-likeness (QED) is 0.0444. The third-order valence-electron chi connectivity index (χ3n) is 29.0. The van der Waals surface area contributed by atoms with Crippen LogP contribution in [-0.2, 0) is 47.9 Å². The maximum Gasteiger partial charge on any atom is 0.160 e. The molecule has 1 heterocycles. The Hall–Kier alpha value is -6.89. The molecule has 5 aromatic carbocycles. The zero-order valence-electron chi connectivity index (χ0n) is 53.9. The van der Waals surface area contributed by atoms with Gasteiger partial charge in [0.1, 0.15) is 5.78 Å². The first-order valence-corrected chi connectivity index (χ1v) is 36.0. The molecule has 5 spiro atoms. The molecule has 6 fully saturated rings. The molecule has 18 aliphatic rings. The number of aromatic hydroxyl groups is 3. The van der Waals surface area contributed by atoms with E-state index in [0.717, 1.165) is 115 Å². The monoisotopic (exact) mass is 1250 g/mol. The van der Waals surface area contributed by atoms with Gasteiger partial charge in [0.15, 0.2) is 23.0 Å². The van der Waals surface area contributed by atoms with Crippen LogP contribution >= 0.6 is 0 Å². The van der Waals surface area contributed by atoms with Crippen molar-refractivity contribution in [2.45, 2.75) is 193 Å². The number of carbonyl (C=O) groups excluding carboxylic acids is 1. The van der Waals surface area contributed by atoms with E-state index in [0.29, 0.717) is 67.9 Å². The second-order valence-electron chi connectivity index (χ2n) is 32.5. The molecule has 1 aliphatic heterocycles. The van der Waals surface area contributed by atoms with Gasteiger partial charge in [-0.25, -0.2) is 0 Å². The third-order valence-corrected chi connectivity index (χ3v) is 29.0. The Kier molecular flexibility index (Phi) is 12.8. The van der Waals surface area contributed by atoms with E-state index >= 15 is 9.90 Å². The van der Waals surface area contributed by atoms with Gasteiger partial charge in [-0.2, -0.15) is 0 Å². The summed E-state index contributed by atoms with van der Waals surface area (Å²) in [5.74, 6) is 12.1. The summed E-state index contributed by atoms with van der Waals surface area (Å²) in [6.45, 7) is -0.402. The fraction of sp³-hybridized carbons (Fsp3) is 0.512. The Morgan fingerprint density at radius 2 is 1.52 bits per heavy atom. The molecule has 5 aromatic rings. The molecular formula is C84H87NO9. The van der Waals surface area contributed by atoms with E-state index in [-0.39, 0.29) is 70.7 Å². The molecule has 0 amide bonds. The fourth-order valence-electron chi connectivity index (χ4n) is 25.8. The Morgan fingerprint density at radius 1 is 0.734 bits per heavy atom. The number of ketones is 1. The molecule has 23 rings (SSSR count). The van der Waals surface area contributed by atoms with E-state index in [1.807, 2.05) is 30.3 Å². The Labute approximate surface area is 552 Å². The number of phenolic OH excluding ortho intramolecular Hbond substituents is 3. The summed E-state index contributed by atoms with van der Waals surface area (Å²) in [5, 5.41) is 94.6. The Balaban J connectivity index is 0.954. The lowest BCUT2D eigenvalue weighted by molar-refractivity contribution is -0.261. The van der Waals surface area contributed by atoms with E-state index in [9.17, 15) is 30.6 Å². The van der Waals surface area contributed by atoms with Gasteiger partial charge in [-0.1, -0.05) is 134 Å². The summed E-state index contributed by atoms with van der Waals surface area (Å²) >= 11 is 0. The SMILES string of the molecule is COc1cc(C2CC(=O)C3Cc4cc5cc6c4C(C#CCC4NC78CCC3(O)C(C4C#CC2Cc2ccccc2)C72c3cc(O)c(O)cc3C3CC2C24CC37CCCC7C=C2C2CC(O)C(=CC2=CC4C8)C52CCCC(Cc3ccccc3)C2)C(O)CC6)c(CO)cc1O. The first-order chi connectivity index (χ1) is 45.6. The highest BCUT2D eigenvalue weighted by atomic mass is 16.5. The average Bonchev–Trinajstić information content (AvgIpc) is 0.772. The van der Waals surface area contributed by atoms with Crippen molar-refractivity contribution in [2.24, 2.45) is 64.1 Å². The molecule has 1 saturated heterocycles. The number of fused-ring (bicyclic) bond motifs is 5. The van der Waals surface area contributed by atoms with Crippen LogP contribution < -0.4 is 10.1 Å². The number of phenols is 3. The molecule has 482 valence electrons. The minimum atomic E-state index is -1.74. The van der Waals surface area contributed by atoms with Crippen molar-refractivity contribution < 1.29 is 45.3 Å². The molecule has 94 heavy (non-hydrogen) atoms. The number of carbonyl (C=O) groups is 1. The normalized spacial score (nSPS) is 41.5. The van der Waals surface area contributed by atoms with Gasteiger partial charge in [0.25, 0.3) is 0 Å². The Bertz CT molecular complexity index is 4300. The molecule has 0 radical (unpaired) electrons. The van der Waals surface area contributed by atoms with Crippen LogP contribution in [0.3, 0.4) is 0 Å². The van der Waals surface area contributed by atoms with Crippen LogP contribution in [0.2, 0.25) is 0 Å². The summed E-state index contributed by atoms with van der Waals surface area (Å²) in [5.41, 5.74) is 9.15. The number of Topliss-reactive ketones (excluding diaryl/α,β-unsaturated/α-hetero) is 1. The van der Waals surface area contributed by atoms with Gasteiger partial charge in [0, 0.05) is 70.3 Å². The number of aryl methyl sites for hydroxylation is 1. The number of aliphatic hydroxyl groups is 4. The molecule has 5 saturated carbocycles. The van der Waals surface area contributed by atoms with E-state index < -0.39 is 87.7 Å². The van der Waals surface area contributed by atoms with Crippen molar-refractivity contribution >= 4 is 5.78 Å². The number of ether oxygens (including phenoxy) is 1. The number of nitrogens with one attached hydrogen (secondary N) is 1. The first-order valence-electron chi connectivity index (χ1n) is 36.0. The van der Waals surface area contributed by atoms with Crippen LogP contribution in [0.4, 0.5) is 0 Å². The van der Waals surface area contributed by atoms with Crippen molar-refractivity contribution in [1.82, 2.24) is 5.32 Å². The van der Waals surface area contributed by atoms with Crippen LogP contribution in [0, 0.1) is 87.8 Å². The van der Waals surface area contributed by atoms with Crippen molar-refractivity contribution in [3.8, 4) is 46.7 Å². The summed E-state index contributed by atoms with van der Waals surface area (Å²) in [6, 6.07) is 32.9. The van der Waals surface area contributed by atoms with E-state index in [4.69, 9.17) is 4.74 Å². The fourth-order valence-corrected chi connectivity index (χ4v) is 25.8. The predicted octanol–water partition coefficient (Wildman–Crippen LogP) is 12.5. The molecule has 8 N–H and O–H groups in total. The average molecular weight is 1250 g/mol. The van der Waals surface area contributed by atoms with Crippen molar-refractivity contribution in [2.75, 3.05) is 7.11 Å². The largest absolute Gasteiger partial charge is 0.504 e. The molecule has 17 bridgehead atoms. The smallest absolute Gasteiger partial charge is 0.160 e. The number of benzene rings is 5. The second kappa shape index (κ2) is 20.6. The lowest BCUT2D eigenvalue weighted by atomic mass is 9.23. The van der Waals surface area contributed by atoms with Crippen LogP contribution in [-0.4, -0.2) is 78.0 Å². The lowest BCUT2D eigenvalue weighted by Crippen LogP contribution is -2.87. The highest BCUT2D eigenvalue weighted by molar-refractivity contribution is 5.84. The van der Waals surface area contributed by atoms with Crippen LogP contribution in [0.5, 0.6) is 23.0 Å². The molecule has 17 aliphatic carbocycles. The van der Waals surface area contributed by atoms with Crippen LogP contribution in [0.1, 0.15) is 176 Å². The maximum absolute atomic E-state index is 17.7. The zero-order chi connectivity index (χ0) is 63.6. The number of allylic oxidation sites excluding steroid dienone is 5. The van der Waals surface area contributed by atoms with Gasteiger partial charge in [-0.15, -0.1) is 5.92 Å². The van der Waals surface area contributed by atoms with Crippen molar-refractivity contribution in [3.63, 3.8) is 0 Å². The van der Waals surface area contributed by atoms with Crippen molar-refractivity contribution in [3.05, 3.63) is 188 Å². The summed E-state index contributed by atoms with van der Waals surface area (Å²) < 4.78 is 5.88. The Morgan fingerprint density at radius 3 is 2.33 bits per heavy atom. The number of hydrogen-bond donors (Lipinski definition) is 8. The first kappa shape index (κ1) is 58.5. The molecule has 0 aromatic heterocycles. The topological polar surface area (TPSA) is 180 Å². The zero-order valence-corrected chi connectivity index (χ0v) is 53.9. The third kappa shape index (κ3) is 7.67. The highest BCUT2D eigenvalue weighted by Gasteiger charge is 2.84. The van der Waals surface area contributed by atoms with Gasteiger partial charge in [0.2, 0.25) is 0 Å². The molecule has 10 heteroatoms. The molecular weight excluding hydrogens is 1170 g/mol. The second-order valence-corrected chi connectivity index (χ2v) is 32.5. The lowest BCUT2D eigenvalue weighted by Gasteiger charge is -2.82. The number of hydrogen-bond acceptors (Lipinski definition) is 10. The van der Waals surface area contributed by atoms with Crippen LogP contribution in [0.25, 0.3) is 0 Å². The van der Waals surface area contributed by atoms with Gasteiger partial charge < -0.3 is 45.8 Å². The van der Waals surface area contributed by atoms with Crippen LogP contribution in [0.15, 0.2) is 132 Å². The maximum atomic E-state index is 17.7.